The number of aliphatic hydroxyl groups excluding tert-OH is 2. The first-order chi connectivity index (χ1) is 7.54. The minimum Gasteiger partial charge on any atom is -0.508 e. The number of ether oxygens (including phenoxy) is 1. The lowest BCUT2D eigenvalue weighted by molar-refractivity contribution is -0.0213. The Morgan fingerprint density at radius 1 is 1.31 bits per heavy atom. The Bertz CT molecular complexity index is 404. The average molecular weight is 226 g/mol. The number of aromatic hydroxyl groups is 2. The minimum absolute atomic E-state index is 0.127. The summed E-state index contributed by atoms with van der Waals surface area (Å²) in [4.78, 5) is 0. The molecule has 3 unspecified atom stereocenters. The topological polar surface area (TPSA) is 90.2 Å². The van der Waals surface area contributed by atoms with Crippen LogP contribution in [0.25, 0.3) is 0 Å². The minimum atomic E-state index is -0.996. The van der Waals surface area contributed by atoms with Gasteiger partial charge < -0.3 is 25.2 Å². The van der Waals surface area contributed by atoms with Crippen molar-refractivity contribution in [3.63, 3.8) is 0 Å². The van der Waals surface area contributed by atoms with Crippen LogP contribution < -0.4 is 4.74 Å². The van der Waals surface area contributed by atoms with Crippen molar-refractivity contribution in [3.05, 3.63) is 17.7 Å². The standard InChI is InChI=1S/C11H14O5/c1-5-7(4-12)11(15)10-8(14)2-6(13)3-9(10)16-5/h2-3,5,7,11-15H,4H2,1H3. The van der Waals surface area contributed by atoms with E-state index in [2.05, 4.69) is 0 Å². The van der Waals surface area contributed by atoms with E-state index < -0.39 is 12.0 Å². The van der Waals surface area contributed by atoms with E-state index in [4.69, 9.17) is 9.84 Å². The van der Waals surface area contributed by atoms with Crippen LogP contribution in [0.3, 0.4) is 0 Å². The maximum atomic E-state index is 9.98. The van der Waals surface area contributed by atoms with Gasteiger partial charge in [0.15, 0.2) is 0 Å². The molecule has 0 saturated heterocycles. The highest BCUT2D eigenvalue weighted by Gasteiger charge is 2.36. The van der Waals surface area contributed by atoms with Crippen LogP contribution in [0, 0.1) is 5.92 Å². The highest BCUT2D eigenvalue weighted by Crippen LogP contribution is 2.45. The molecule has 0 aliphatic carbocycles. The summed E-state index contributed by atoms with van der Waals surface area (Å²) in [5, 5.41) is 38.0. The zero-order valence-corrected chi connectivity index (χ0v) is 8.79. The van der Waals surface area contributed by atoms with Gasteiger partial charge in [-0.1, -0.05) is 0 Å². The monoisotopic (exact) mass is 226 g/mol. The summed E-state index contributed by atoms with van der Waals surface area (Å²) < 4.78 is 5.43. The summed E-state index contributed by atoms with van der Waals surface area (Å²) in [5.74, 6) is -0.587. The van der Waals surface area contributed by atoms with Crippen LogP contribution in [0.1, 0.15) is 18.6 Å². The van der Waals surface area contributed by atoms with Crippen molar-refractivity contribution < 1.29 is 25.2 Å². The Labute approximate surface area is 92.5 Å². The third-order valence-corrected chi connectivity index (χ3v) is 2.93. The highest BCUT2D eigenvalue weighted by atomic mass is 16.5. The van der Waals surface area contributed by atoms with Gasteiger partial charge in [-0.05, 0) is 6.92 Å². The number of aliphatic hydroxyl groups is 2. The van der Waals surface area contributed by atoms with Crippen LogP contribution in [0.4, 0.5) is 0 Å². The number of hydrogen-bond acceptors (Lipinski definition) is 5. The van der Waals surface area contributed by atoms with E-state index in [0.717, 1.165) is 6.07 Å². The molecule has 4 N–H and O–H groups in total. The first-order valence-electron chi connectivity index (χ1n) is 5.06. The molecule has 0 radical (unpaired) electrons. The molecular weight excluding hydrogens is 212 g/mol. The fourth-order valence-corrected chi connectivity index (χ4v) is 2.00. The number of phenolic OH excluding ortho intramolecular Hbond substituents is 2. The van der Waals surface area contributed by atoms with Crippen LogP contribution >= 0.6 is 0 Å². The predicted octanol–water partition coefficient (Wildman–Crippen LogP) is 0.521. The van der Waals surface area contributed by atoms with Crippen LogP contribution in [0.5, 0.6) is 17.2 Å². The number of phenols is 2. The van der Waals surface area contributed by atoms with Gasteiger partial charge in [0.05, 0.1) is 18.3 Å². The predicted molar refractivity (Wildman–Crippen MR) is 55.4 cm³/mol. The molecule has 2 rings (SSSR count). The maximum absolute atomic E-state index is 9.98. The molecule has 0 amide bonds. The smallest absolute Gasteiger partial charge is 0.132 e. The zero-order chi connectivity index (χ0) is 11.9. The number of rotatable bonds is 1. The molecule has 1 heterocycles. The lowest BCUT2D eigenvalue weighted by Crippen LogP contribution is -2.36. The fraction of sp³-hybridized carbons (Fsp3) is 0.455. The van der Waals surface area contributed by atoms with Gasteiger partial charge in [0.1, 0.15) is 23.4 Å². The second-order valence-electron chi connectivity index (χ2n) is 3.99. The maximum Gasteiger partial charge on any atom is 0.132 e. The van der Waals surface area contributed by atoms with Gasteiger partial charge >= 0.3 is 0 Å². The van der Waals surface area contributed by atoms with Crippen LogP contribution in [0.2, 0.25) is 0 Å². The molecule has 0 saturated carbocycles. The molecule has 0 aromatic heterocycles. The van der Waals surface area contributed by atoms with Gasteiger partial charge in [0, 0.05) is 18.1 Å². The molecule has 1 aromatic rings. The van der Waals surface area contributed by atoms with Crippen molar-refractivity contribution in [2.75, 3.05) is 6.61 Å². The van der Waals surface area contributed by atoms with E-state index in [1.165, 1.54) is 6.07 Å². The summed E-state index contributed by atoms with van der Waals surface area (Å²) in [6.45, 7) is 1.48. The Morgan fingerprint density at radius 2 is 2.00 bits per heavy atom. The van der Waals surface area contributed by atoms with Gasteiger partial charge in [-0.25, -0.2) is 0 Å². The molecule has 0 bridgehead atoms. The summed E-state index contributed by atoms with van der Waals surface area (Å²) in [6.07, 6.45) is -1.38. The van der Waals surface area contributed by atoms with E-state index in [1.807, 2.05) is 0 Å². The zero-order valence-electron chi connectivity index (χ0n) is 8.79. The van der Waals surface area contributed by atoms with Gasteiger partial charge in [0.25, 0.3) is 0 Å². The molecule has 3 atom stereocenters. The molecule has 1 aliphatic heterocycles. The molecular formula is C11H14O5. The van der Waals surface area contributed by atoms with Gasteiger partial charge in [-0.2, -0.15) is 0 Å². The van der Waals surface area contributed by atoms with Crippen molar-refractivity contribution in [2.24, 2.45) is 5.92 Å². The third kappa shape index (κ3) is 1.58. The molecule has 1 aromatic carbocycles. The Morgan fingerprint density at radius 3 is 2.62 bits per heavy atom. The average Bonchev–Trinajstić information content (AvgIpc) is 2.15. The molecule has 5 heteroatoms. The van der Waals surface area contributed by atoms with Crippen LogP contribution in [-0.2, 0) is 0 Å². The Balaban J connectivity index is 2.50. The summed E-state index contributed by atoms with van der Waals surface area (Å²) in [7, 11) is 0. The molecule has 0 spiro atoms. The Kier molecular flexibility index (Phi) is 2.65. The first kappa shape index (κ1) is 11.0. The van der Waals surface area contributed by atoms with E-state index in [9.17, 15) is 15.3 Å². The summed E-state index contributed by atoms with van der Waals surface area (Å²) in [6, 6.07) is 2.47. The van der Waals surface area contributed by atoms with E-state index in [1.54, 1.807) is 6.92 Å². The highest BCUT2D eigenvalue weighted by molar-refractivity contribution is 5.52. The van der Waals surface area contributed by atoms with Crippen molar-refractivity contribution >= 4 is 0 Å². The van der Waals surface area contributed by atoms with E-state index in [-0.39, 0.29) is 35.5 Å². The second kappa shape index (κ2) is 3.84. The molecule has 16 heavy (non-hydrogen) atoms. The van der Waals surface area contributed by atoms with Gasteiger partial charge in [-0.15, -0.1) is 0 Å². The van der Waals surface area contributed by atoms with Crippen molar-refractivity contribution in [1.29, 1.82) is 0 Å². The van der Waals surface area contributed by atoms with Crippen molar-refractivity contribution in [2.45, 2.75) is 19.1 Å². The van der Waals surface area contributed by atoms with Gasteiger partial charge in [-0.3, -0.25) is 0 Å². The second-order valence-corrected chi connectivity index (χ2v) is 3.99. The van der Waals surface area contributed by atoms with Crippen LogP contribution in [-0.4, -0.2) is 33.1 Å². The summed E-state index contributed by atoms with van der Waals surface area (Å²) >= 11 is 0. The largest absolute Gasteiger partial charge is 0.508 e. The number of benzene rings is 1. The lowest BCUT2D eigenvalue weighted by atomic mass is 9.88. The Hall–Kier alpha value is -1.46. The fourth-order valence-electron chi connectivity index (χ4n) is 2.00. The molecule has 0 fully saturated rings. The number of hydrogen-bond donors (Lipinski definition) is 4. The summed E-state index contributed by atoms with van der Waals surface area (Å²) in [5.41, 5.74) is 0.218. The van der Waals surface area contributed by atoms with E-state index in [0.29, 0.717) is 0 Å². The number of fused-ring (bicyclic) bond motifs is 1. The molecule has 5 nitrogen and oxygen atoms in total. The van der Waals surface area contributed by atoms with Crippen LogP contribution in [0.15, 0.2) is 12.1 Å². The first-order valence-corrected chi connectivity index (χ1v) is 5.06. The molecule has 1 aliphatic rings. The SMILES string of the molecule is CC1Oc2cc(O)cc(O)c2C(O)C1CO. The van der Waals surface area contributed by atoms with Crippen molar-refractivity contribution in [1.82, 2.24) is 0 Å². The lowest BCUT2D eigenvalue weighted by Gasteiger charge is -2.34. The van der Waals surface area contributed by atoms with Crippen molar-refractivity contribution in [3.8, 4) is 17.2 Å². The van der Waals surface area contributed by atoms with E-state index >= 15 is 0 Å². The van der Waals surface area contributed by atoms with Gasteiger partial charge in [0.2, 0.25) is 0 Å². The quantitative estimate of drug-likeness (QED) is 0.560. The molecule has 88 valence electrons. The normalized spacial score (nSPS) is 28.3. The third-order valence-electron chi connectivity index (χ3n) is 2.93.